The third kappa shape index (κ3) is 4.63. The van der Waals surface area contributed by atoms with Gasteiger partial charge in [0.2, 0.25) is 0 Å². The molecule has 0 saturated heterocycles. The molecule has 0 spiro atoms. The van der Waals surface area contributed by atoms with Crippen LogP contribution in [0, 0.1) is 29.9 Å². The van der Waals surface area contributed by atoms with Gasteiger partial charge in [0.25, 0.3) is 5.91 Å². The van der Waals surface area contributed by atoms with E-state index in [1.54, 1.807) is 24.3 Å². The molecule has 2 aromatic rings. The maximum absolute atomic E-state index is 13.6. The van der Waals surface area contributed by atoms with Crippen LogP contribution in [0.25, 0.3) is 0 Å². The normalized spacial score (nSPS) is 10.1. The number of anilines is 1. The van der Waals surface area contributed by atoms with Gasteiger partial charge in [0, 0.05) is 12.2 Å². The zero-order valence-electron chi connectivity index (χ0n) is 14.0. The van der Waals surface area contributed by atoms with Crippen molar-refractivity contribution in [1.82, 2.24) is 0 Å². The van der Waals surface area contributed by atoms with E-state index in [1.165, 1.54) is 4.90 Å². The van der Waals surface area contributed by atoms with Gasteiger partial charge in [-0.1, -0.05) is 23.8 Å². The second-order valence-electron chi connectivity index (χ2n) is 5.46. The number of rotatable bonds is 6. The Morgan fingerprint density at radius 2 is 1.73 bits per heavy atom. The molecule has 26 heavy (non-hydrogen) atoms. The molecule has 7 heteroatoms. The van der Waals surface area contributed by atoms with Gasteiger partial charge < -0.3 is 9.64 Å². The molecule has 0 aliphatic carbocycles. The number of aryl methyl sites for hydroxylation is 1. The van der Waals surface area contributed by atoms with E-state index in [4.69, 9.17) is 10.00 Å². The lowest BCUT2D eigenvalue weighted by atomic mass is 10.2. The summed E-state index contributed by atoms with van der Waals surface area (Å²) in [4.78, 5) is 25.6. The first kappa shape index (κ1) is 19.1. The summed E-state index contributed by atoms with van der Waals surface area (Å²) in [5, 5.41) is 8.76. The summed E-state index contributed by atoms with van der Waals surface area (Å²) in [6, 6.07) is 11.9. The summed E-state index contributed by atoms with van der Waals surface area (Å²) in [7, 11) is 0. The second-order valence-corrected chi connectivity index (χ2v) is 5.46. The average molecular weight is 358 g/mol. The van der Waals surface area contributed by atoms with Crippen LogP contribution in [0.15, 0.2) is 42.5 Å². The lowest BCUT2D eigenvalue weighted by Gasteiger charge is -2.22. The fourth-order valence-corrected chi connectivity index (χ4v) is 2.25. The van der Waals surface area contributed by atoms with Crippen molar-refractivity contribution in [2.24, 2.45) is 0 Å². The number of esters is 1. The van der Waals surface area contributed by atoms with Crippen LogP contribution in [-0.4, -0.2) is 25.0 Å². The Morgan fingerprint density at radius 1 is 1.12 bits per heavy atom. The molecule has 0 radical (unpaired) electrons. The number of amides is 1. The summed E-state index contributed by atoms with van der Waals surface area (Å²) in [5.74, 6) is -4.00. The third-order valence-electron chi connectivity index (χ3n) is 3.59. The van der Waals surface area contributed by atoms with E-state index in [-0.39, 0.29) is 13.0 Å². The van der Waals surface area contributed by atoms with E-state index >= 15 is 0 Å². The molecule has 0 bridgehead atoms. The number of nitriles is 1. The fourth-order valence-electron chi connectivity index (χ4n) is 2.25. The zero-order chi connectivity index (χ0) is 19.1. The molecule has 0 saturated carbocycles. The summed E-state index contributed by atoms with van der Waals surface area (Å²) in [5.41, 5.74) is 0.672. The SMILES string of the molecule is Cc1ccc(N(CCC#N)C(=O)COC(=O)c2c(F)cccc2F)cc1. The van der Waals surface area contributed by atoms with Gasteiger partial charge in [-0.05, 0) is 31.2 Å². The van der Waals surface area contributed by atoms with Gasteiger partial charge in [-0.2, -0.15) is 5.26 Å². The molecule has 5 nitrogen and oxygen atoms in total. The predicted molar refractivity (Wildman–Crippen MR) is 90.4 cm³/mol. The zero-order valence-corrected chi connectivity index (χ0v) is 14.0. The Kier molecular flexibility index (Phi) is 6.39. The van der Waals surface area contributed by atoms with Gasteiger partial charge >= 0.3 is 5.97 Å². The number of hydrogen-bond acceptors (Lipinski definition) is 4. The van der Waals surface area contributed by atoms with Crippen molar-refractivity contribution in [3.63, 3.8) is 0 Å². The number of carbonyl (C=O) groups excluding carboxylic acids is 2. The largest absolute Gasteiger partial charge is 0.452 e. The minimum Gasteiger partial charge on any atom is -0.452 e. The van der Waals surface area contributed by atoms with Crippen LogP contribution in [-0.2, 0) is 9.53 Å². The highest BCUT2D eigenvalue weighted by Gasteiger charge is 2.22. The van der Waals surface area contributed by atoms with Crippen molar-refractivity contribution < 1.29 is 23.1 Å². The quantitative estimate of drug-likeness (QED) is 0.742. The maximum atomic E-state index is 13.6. The van der Waals surface area contributed by atoms with E-state index in [0.717, 1.165) is 23.8 Å². The van der Waals surface area contributed by atoms with Crippen LogP contribution >= 0.6 is 0 Å². The first-order valence-corrected chi connectivity index (χ1v) is 7.79. The van der Waals surface area contributed by atoms with Gasteiger partial charge in [-0.3, -0.25) is 4.79 Å². The van der Waals surface area contributed by atoms with Crippen molar-refractivity contribution in [3.05, 3.63) is 65.2 Å². The summed E-state index contributed by atoms with van der Waals surface area (Å²) < 4.78 is 31.9. The minimum atomic E-state index is -1.27. The number of hydrogen-bond donors (Lipinski definition) is 0. The molecule has 0 N–H and O–H groups in total. The van der Waals surface area contributed by atoms with Gasteiger partial charge in [0.05, 0.1) is 12.5 Å². The Labute approximate surface area is 149 Å². The predicted octanol–water partition coefficient (Wildman–Crippen LogP) is 3.38. The number of halogens is 2. The molecule has 0 heterocycles. The Balaban J connectivity index is 2.10. The van der Waals surface area contributed by atoms with Crippen LogP contribution < -0.4 is 4.90 Å². The van der Waals surface area contributed by atoms with E-state index in [2.05, 4.69) is 0 Å². The third-order valence-corrected chi connectivity index (χ3v) is 3.59. The number of nitrogens with zero attached hydrogens (tertiary/aromatic N) is 2. The Morgan fingerprint density at radius 3 is 2.31 bits per heavy atom. The average Bonchev–Trinajstić information content (AvgIpc) is 2.61. The van der Waals surface area contributed by atoms with Crippen molar-refractivity contribution in [2.75, 3.05) is 18.1 Å². The molecule has 0 aliphatic rings. The van der Waals surface area contributed by atoms with Crippen molar-refractivity contribution in [2.45, 2.75) is 13.3 Å². The van der Waals surface area contributed by atoms with E-state index in [9.17, 15) is 18.4 Å². The molecule has 0 aliphatic heterocycles. The van der Waals surface area contributed by atoms with E-state index < -0.39 is 35.7 Å². The van der Waals surface area contributed by atoms with Gasteiger partial charge in [0.15, 0.2) is 6.61 Å². The first-order chi connectivity index (χ1) is 12.4. The van der Waals surface area contributed by atoms with Crippen LogP contribution in [0.3, 0.4) is 0 Å². The van der Waals surface area contributed by atoms with Crippen molar-refractivity contribution in [1.29, 1.82) is 5.26 Å². The van der Waals surface area contributed by atoms with E-state index in [1.807, 2.05) is 13.0 Å². The molecule has 0 aromatic heterocycles. The van der Waals surface area contributed by atoms with Gasteiger partial charge in [0.1, 0.15) is 17.2 Å². The molecule has 0 fully saturated rings. The van der Waals surface area contributed by atoms with Crippen LogP contribution in [0.4, 0.5) is 14.5 Å². The molecule has 0 atom stereocenters. The molecule has 0 unspecified atom stereocenters. The van der Waals surface area contributed by atoms with Gasteiger partial charge in [-0.25, -0.2) is 13.6 Å². The van der Waals surface area contributed by atoms with Gasteiger partial charge in [-0.15, -0.1) is 0 Å². The monoisotopic (exact) mass is 358 g/mol. The maximum Gasteiger partial charge on any atom is 0.344 e. The summed E-state index contributed by atoms with van der Waals surface area (Å²) in [6.07, 6.45) is 0.0789. The molecule has 134 valence electrons. The van der Waals surface area contributed by atoms with Crippen molar-refractivity contribution >= 4 is 17.6 Å². The number of benzene rings is 2. The summed E-state index contributed by atoms with van der Waals surface area (Å²) in [6.45, 7) is 1.28. The Hall–Kier alpha value is -3.27. The highest BCUT2D eigenvalue weighted by molar-refractivity contribution is 5.97. The summed E-state index contributed by atoms with van der Waals surface area (Å²) >= 11 is 0. The first-order valence-electron chi connectivity index (χ1n) is 7.79. The van der Waals surface area contributed by atoms with E-state index in [0.29, 0.717) is 5.69 Å². The number of carbonyl (C=O) groups is 2. The lowest BCUT2D eigenvalue weighted by molar-refractivity contribution is -0.121. The standard InChI is InChI=1S/C19H16F2N2O3/c1-13-6-8-14(9-7-13)23(11-3-10-22)17(24)12-26-19(25)18-15(20)4-2-5-16(18)21/h2,4-9H,3,11-12H2,1H3. The minimum absolute atomic E-state index is 0.0789. The molecular weight excluding hydrogens is 342 g/mol. The smallest absolute Gasteiger partial charge is 0.344 e. The Bertz CT molecular complexity index is 825. The van der Waals surface area contributed by atoms with Crippen LogP contribution in [0.1, 0.15) is 22.3 Å². The second kappa shape index (κ2) is 8.72. The molecular formula is C19H16F2N2O3. The number of ether oxygens (including phenoxy) is 1. The van der Waals surface area contributed by atoms with Crippen LogP contribution in [0.2, 0.25) is 0 Å². The molecule has 2 rings (SSSR count). The fraction of sp³-hybridized carbons (Fsp3) is 0.211. The van der Waals surface area contributed by atoms with Crippen LogP contribution in [0.5, 0.6) is 0 Å². The molecule has 1 amide bonds. The highest BCUT2D eigenvalue weighted by atomic mass is 19.1. The highest BCUT2D eigenvalue weighted by Crippen LogP contribution is 2.17. The topological polar surface area (TPSA) is 70.4 Å². The molecule has 2 aromatic carbocycles. The van der Waals surface area contributed by atoms with Crippen molar-refractivity contribution in [3.8, 4) is 6.07 Å². The lowest BCUT2D eigenvalue weighted by Crippen LogP contribution is -2.35.